The molecular weight excluding hydrogens is 544 g/mol. The van der Waals surface area contributed by atoms with Crippen LogP contribution in [0.4, 0.5) is 0 Å². The van der Waals surface area contributed by atoms with E-state index in [4.69, 9.17) is 18.9 Å². The van der Waals surface area contributed by atoms with Crippen LogP contribution < -0.4 is 0 Å². The van der Waals surface area contributed by atoms with E-state index >= 15 is 0 Å². The topological polar surface area (TPSA) is 155 Å². The Morgan fingerprint density at radius 1 is 0.738 bits per heavy atom. The molecule has 0 aromatic heterocycles. The fraction of sp³-hybridized carbons (Fsp3) is 0.969. The summed E-state index contributed by atoms with van der Waals surface area (Å²) in [6, 6.07) is 0. The lowest BCUT2D eigenvalue weighted by molar-refractivity contribution is -0.151. The Hall–Kier alpha value is -0.850. The first-order valence-corrected chi connectivity index (χ1v) is 16.6. The highest BCUT2D eigenvalue weighted by atomic mass is 16.6. The third-order valence-corrected chi connectivity index (χ3v) is 8.69. The molecule has 0 saturated carbocycles. The number of aliphatic hydroxyl groups excluding tert-OH is 5. The molecule has 2 heterocycles. The molecule has 9 unspecified atom stereocenters. The molecular formula is C32H60O10. The predicted octanol–water partition coefficient (Wildman–Crippen LogP) is 3.27. The van der Waals surface area contributed by atoms with Crippen molar-refractivity contribution in [2.24, 2.45) is 11.8 Å². The van der Waals surface area contributed by atoms with Crippen LogP contribution in [-0.4, -0.2) is 107 Å². The number of hydrogen-bond donors (Lipinski definition) is 5. The van der Waals surface area contributed by atoms with Crippen molar-refractivity contribution in [1.29, 1.82) is 0 Å². The first kappa shape index (κ1) is 37.3. The monoisotopic (exact) mass is 604 g/mol. The van der Waals surface area contributed by atoms with E-state index in [1.54, 1.807) is 0 Å². The summed E-state index contributed by atoms with van der Waals surface area (Å²) in [7, 11) is 0. The van der Waals surface area contributed by atoms with Crippen molar-refractivity contribution in [2.75, 3.05) is 33.0 Å². The fourth-order valence-electron chi connectivity index (χ4n) is 5.82. The number of unbranched alkanes of at least 4 members (excludes halogenated alkanes) is 10. The van der Waals surface area contributed by atoms with Crippen LogP contribution in [0.25, 0.3) is 0 Å². The van der Waals surface area contributed by atoms with Gasteiger partial charge in [-0.25, -0.2) is 0 Å². The van der Waals surface area contributed by atoms with Gasteiger partial charge in [0.25, 0.3) is 0 Å². The lowest BCUT2D eigenvalue weighted by Gasteiger charge is -2.23. The zero-order valence-electron chi connectivity index (χ0n) is 26.1. The normalized spacial score (nSPS) is 28.2. The summed E-state index contributed by atoms with van der Waals surface area (Å²) in [5.41, 5.74) is 0. The lowest BCUT2D eigenvalue weighted by Crippen LogP contribution is -2.41. The second kappa shape index (κ2) is 21.8. The number of carbonyl (C=O) groups excluding carboxylic acids is 1. The summed E-state index contributed by atoms with van der Waals surface area (Å²) < 4.78 is 21.7. The molecule has 248 valence electrons. The zero-order chi connectivity index (χ0) is 30.7. The van der Waals surface area contributed by atoms with Gasteiger partial charge in [0.2, 0.25) is 0 Å². The molecule has 10 heteroatoms. The quantitative estimate of drug-likeness (QED) is 0.0819. The largest absolute Gasteiger partial charge is 0.463 e. The van der Waals surface area contributed by atoms with Crippen LogP contribution in [0.3, 0.4) is 0 Å². The van der Waals surface area contributed by atoms with Crippen molar-refractivity contribution < 1.29 is 49.3 Å². The smallest absolute Gasteiger partial charge is 0.305 e. The molecule has 0 aromatic carbocycles. The molecule has 0 aliphatic carbocycles. The van der Waals surface area contributed by atoms with Gasteiger partial charge in [0, 0.05) is 18.9 Å². The summed E-state index contributed by atoms with van der Waals surface area (Å²) in [4.78, 5) is 12.0. The van der Waals surface area contributed by atoms with E-state index in [2.05, 4.69) is 6.92 Å². The summed E-state index contributed by atoms with van der Waals surface area (Å²) in [6.45, 7) is 4.95. The first-order chi connectivity index (χ1) is 20.2. The van der Waals surface area contributed by atoms with Crippen molar-refractivity contribution >= 4 is 5.97 Å². The van der Waals surface area contributed by atoms with Gasteiger partial charge in [-0.1, -0.05) is 84.5 Å². The van der Waals surface area contributed by atoms with Gasteiger partial charge in [-0.15, -0.1) is 0 Å². The molecule has 5 N–H and O–H groups in total. The maximum atomic E-state index is 12.0. The van der Waals surface area contributed by atoms with Crippen LogP contribution in [0, 0.1) is 11.8 Å². The van der Waals surface area contributed by atoms with Crippen LogP contribution in [0.5, 0.6) is 0 Å². The second-order valence-electron chi connectivity index (χ2n) is 12.6. The zero-order valence-corrected chi connectivity index (χ0v) is 26.1. The van der Waals surface area contributed by atoms with Crippen LogP contribution in [0.1, 0.15) is 110 Å². The van der Waals surface area contributed by atoms with Gasteiger partial charge in [0.05, 0.1) is 25.9 Å². The molecule has 2 saturated heterocycles. The molecule has 9 atom stereocenters. The van der Waals surface area contributed by atoms with Crippen molar-refractivity contribution in [3.8, 4) is 0 Å². The summed E-state index contributed by atoms with van der Waals surface area (Å²) in [5, 5.41) is 50.1. The first-order valence-electron chi connectivity index (χ1n) is 16.6. The number of esters is 1. The van der Waals surface area contributed by atoms with Gasteiger partial charge < -0.3 is 44.5 Å². The number of hydrogen-bond acceptors (Lipinski definition) is 10. The molecule has 2 aliphatic heterocycles. The van der Waals surface area contributed by atoms with E-state index in [0.717, 1.165) is 44.9 Å². The highest BCUT2D eigenvalue weighted by Crippen LogP contribution is 2.23. The maximum Gasteiger partial charge on any atom is 0.305 e. The minimum atomic E-state index is -1.09. The van der Waals surface area contributed by atoms with Crippen molar-refractivity contribution in [3.63, 3.8) is 0 Å². The molecule has 0 radical (unpaired) electrons. The van der Waals surface area contributed by atoms with E-state index in [1.807, 2.05) is 6.92 Å². The van der Waals surface area contributed by atoms with Gasteiger partial charge >= 0.3 is 5.97 Å². The van der Waals surface area contributed by atoms with Gasteiger partial charge in [-0.3, -0.25) is 4.79 Å². The summed E-state index contributed by atoms with van der Waals surface area (Å²) in [5.74, 6) is 0.0206. The van der Waals surface area contributed by atoms with Crippen molar-refractivity contribution in [1.82, 2.24) is 0 Å². The highest BCUT2D eigenvalue weighted by Gasteiger charge is 2.39. The highest BCUT2D eigenvalue weighted by molar-refractivity contribution is 5.69. The van der Waals surface area contributed by atoms with Gasteiger partial charge in [-0.05, 0) is 25.2 Å². The van der Waals surface area contributed by atoms with Crippen molar-refractivity contribution in [2.45, 2.75) is 153 Å². The van der Waals surface area contributed by atoms with E-state index in [1.165, 1.54) is 44.9 Å². The molecule has 10 nitrogen and oxygen atoms in total. The average molecular weight is 605 g/mol. The molecule has 42 heavy (non-hydrogen) atoms. The second-order valence-corrected chi connectivity index (χ2v) is 12.6. The molecule has 0 aromatic rings. The van der Waals surface area contributed by atoms with Crippen LogP contribution in [0.2, 0.25) is 0 Å². The standard InChI is InChI=1S/C32H60O10/c1-3-4-5-6-7-9-12-15-24(19-39-20-26(34)32-30(38)25(33)21-42-32)16-13-10-8-11-14-17-28(36)40-22-27(35)31-29(37)23(2)18-41-31/h23-27,29-35,37-38H,3-22H2,1-2H3. The van der Waals surface area contributed by atoms with E-state index in [0.29, 0.717) is 25.6 Å². The minimum Gasteiger partial charge on any atom is -0.463 e. The van der Waals surface area contributed by atoms with Gasteiger partial charge in [-0.2, -0.15) is 0 Å². The minimum absolute atomic E-state index is 0.0222. The number of ether oxygens (including phenoxy) is 4. The lowest BCUT2D eigenvalue weighted by atomic mass is 9.94. The van der Waals surface area contributed by atoms with Gasteiger partial charge in [0.1, 0.15) is 43.2 Å². The Morgan fingerprint density at radius 2 is 1.29 bits per heavy atom. The Labute approximate surface area is 253 Å². The Bertz CT molecular complexity index is 694. The maximum absolute atomic E-state index is 12.0. The van der Waals surface area contributed by atoms with Crippen molar-refractivity contribution in [3.05, 3.63) is 0 Å². The molecule has 2 rings (SSSR count). The predicted molar refractivity (Wildman–Crippen MR) is 159 cm³/mol. The summed E-state index contributed by atoms with van der Waals surface area (Å²) in [6.07, 6.45) is 9.77. The number of carbonyl (C=O) groups is 1. The summed E-state index contributed by atoms with van der Waals surface area (Å²) >= 11 is 0. The molecule has 0 bridgehead atoms. The molecule has 2 aliphatic rings. The van der Waals surface area contributed by atoms with E-state index in [-0.39, 0.29) is 31.7 Å². The molecule has 2 fully saturated rings. The van der Waals surface area contributed by atoms with E-state index in [9.17, 15) is 30.3 Å². The third kappa shape index (κ3) is 14.3. The van der Waals surface area contributed by atoms with Crippen LogP contribution >= 0.6 is 0 Å². The van der Waals surface area contributed by atoms with E-state index < -0.39 is 42.7 Å². The number of rotatable bonds is 24. The third-order valence-electron chi connectivity index (χ3n) is 8.69. The van der Waals surface area contributed by atoms with Crippen LogP contribution in [-0.2, 0) is 23.7 Å². The average Bonchev–Trinajstić information content (AvgIpc) is 3.49. The number of aliphatic hydroxyl groups is 5. The Balaban J connectivity index is 1.58. The Morgan fingerprint density at radius 3 is 1.86 bits per heavy atom. The van der Waals surface area contributed by atoms with Crippen LogP contribution in [0.15, 0.2) is 0 Å². The molecule has 0 spiro atoms. The Kier molecular flexibility index (Phi) is 19.4. The molecule has 0 amide bonds. The van der Waals surface area contributed by atoms with Gasteiger partial charge in [0.15, 0.2) is 0 Å². The SMILES string of the molecule is CCCCCCCCCC(CCCCCCCC(=O)OCC(O)C1OCC(C)C1O)COCC(O)C1OCC(O)C1O. The fourth-order valence-corrected chi connectivity index (χ4v) is 5.82.